The Morgan fingerprint density at radius 3 is 2.23 bits per heavy atom. The second-order valence-corrected chi connectivity index (χ2v) is 5.69. The zero-order valence-electron chi connectivity index (χ0n) is 12.5. The Bertz CT molecular complexity index is 724. The van der Waals surface area contributed by atoms with E-state index in [1.54, 1.807) is 4.90 Å². The minimum atomic E-state index is -1.08. The summed E-state index contributed by atoms with van der Waals surface area (Å²) in [5, 5.41) is 13.4. The summed E-state index contributed by atoms with van der Waals surface area (Å²) in [6, 6.07) is 9.12. The number of fused-ring (bicyclic) bond motifs is 1. The molecule has 1 aliphatic heterocycles. The van der Waals surface area contributed by atoms with E-state index >= 15 is 0 Å². The van der Waals surface area contributed by atoms with Crippen LogP contribution in [0.3, 0.4) is 0 Å². The van der Waals surface area contributed by atoms with Crippen LogP contribution >= 0.6 is 0 Å². The monoisotopic (exact) mass is 299 g/mol. The highest BCUT2D eigenvalue weighted by atomic mass is 16.4. The largest absolute Gasteiger partial charge is 0.477 e. The number of carboxylic acids is 1. The maximum Gasteiger partial charge on any atom is 0.354 e. The average Bonchev–Trinajstić information content (AvgIpc) is 3.10. The lowest BCUT2D eigenvalue weighted by atomic mass is 10.1. The lowest BCUT2D eigenvalue weighted by Gasteiger charge is -2.13. The van der Waals surface area contributed by atoms with Crippen LogP contribution in [0.25, 0.3) is 0 Å². The molecule has 6 nitrogen and oxygen atoms in total. The molecular formula is C16H17N3O3. The van der Waals surface area contributed by atoms with Gasteiger partial charge in [0.2, 0.25) is 0 Å². The first-order valence-electron chi connectivity index (χ1n) is 7.16. The number of carbonyl (C=O) groups is 2. The molecule has 0 unspecified atom stereocenters. The van der Waals surface area contributed by atoms with Crippen molar-refractivity contribution in [3.05, 3.63) is 52.8 Å². The first-order valence-corrected chi connectivity index (χ1v) is 7.16. The van der Waals surface area contributed by atoms with Gasteiger partial charge in [0.05, 0.1) is 0 Å². The standard InChI is InChI=1S/C16H17N3O3/c1-10(2)19-14(16(21)22)7-13(17-19)15(20)18-8-11-5-3-4-6-12(11)9-18/h3-7,10H,8-9H2,1-2H3,(H,21,22). The van der Waals surface area contributed by atoms with Gasteiger partial charge in [-0.15, -0.1) is 0 Å². The van der Waals surface area contributed by atoms with E-state index in [0.29, 0.717) is 13.1 Å². The van der Waals surface area contributed by atoms with Crippen molar-refractivity contribution in [1.82, 2.24) is 14.7 Å². The highest BCUT2D eigenvalue weighted by Crippen LogP contribution is 2.24. The van der Waals surface area contributed by atoms with Crippen molar-refractivity contribution in [3.63, 3.8) is 0 Å². The third-order valence-corrected chi connectivity index (χ3v) is 3.79. The van der Waals surface area contributed by atoms with Gasteiger partial charge < -0.3 is 10.0 Å². The second-order valence-electron chi connectivity index (χ2n) is 5.69. The number of hydrogen-bond acceptors (Lipinski definition) is 3. The van der Waals surface area contributed by atoms with Gasteiger partial charge in [0.25, 0.3) is 5.91 Å². The molecule has 0 saturated heterocycles. The zero-order chi connectivity index (χ0) is 15.9. The minimum Gasteiger partial charge on any atom is -0.477 e. The summed E-state index contributed by atoms with van der Waals surface area (Å²) in [6.07, 6.45) is 0. The Kier molecular flexibility index (Phi) is 3.44. The lowest BCUT2D eigenvalue weighted by Crippen LogP contribution is -2.26. The van der Waals surface area contributed by atoms with Gasteiger partial charge in [0, 0.05) is 25.2 Å². The van der Waals surface area contributed by atoms with Gasteiger partial charge in [-0.05, 0) is 25.0 Å². The van der Waals surface area contributed by atoms with E-state index in [4.69, 9.17) is 0 Å². The Hall–Kier alpha value is -2.63. The van der Waals surface area contributed by atoms with Crippen LogP contribution in [0.5, 0.6) is 0 Å². The molecule has 0 saturated carbocycles. The molecular weight excluding hydrogens is 282 g/mol. The van der Waals surface area contributed by atoms with Crippen molar-refractivity contribution >= 4 is 11.9 Å². The van der Waals surface area contributed by atoms with E-state index in [2.05, 4.69) is 5.10 Å². The minimum absolute atomic E-state index is 0.0371. The van der Waals surface area contributed by atoms with Crippen molar-refractivity contribution < 1.29 is 14.7 Å². The molecule has 0 atom stereocenters. The molecule has 22 heavy (non-hydrogen) atoms. The third-order valence-electron chi connectivity index (χ3n) is 3.79. The molecule has 0 aliphatic carbocycles. The highest BCUT2D eigenvalue weighted by Gasteiger charge is 2.27. The van der Waals surface area contributed by atoms with Crippen LogP contribution in [-0.2, 0) is 13.1 Å². The first-order chi connectivity index (χ1) is 10.5. The highest BCUT2D eigenvalue weighted by molar-refractivity contribution is 5.95. The first kappa shape index (κ1) is 14.3. The van der Waals surface area contributed by atoms with Gasteiger partial charge in [-0.25, -0.2) is 4.79 Å². The van der Waals surface area contributed by atoms with Gasteiger partial charge in [0.15, 0.2) is 5.69 Å². The third kappa shape index (κ3) is 2.36. The van der Waals surface area contributed by atoms with Crippen LogP contribution in [0.15, 0.2) is 30.3 Å². The molecule has 0 bridgehead atoms. The summed E-state index contributed by atoms with van der Waals surface area (Å²) < 4.78 is 1.37. The Labute approximate surface area is 128 Å². The van der Waals surface area contributed by atoms with Crippen molar-refractivity contribution in [2.24, 2.45) is 0 Å². The average molecular weight is 299 g/mol. The molecule has 2 heterocycles. The van der Waals surface area contributed by atoms with E-state index < -0.39 is 5.97 Å². The molecule has 1 amide bonds. The Morgan fingerprint density at radius 1 is 1.18 bits per heavy atom. The van der Waals surface area contributed by atoms with Crippen LogP contribution in [0, 0.1) is 0 Å². The number of rotatable bonds is 3. The smallest absolute Gasteiger partial charge is 0.354 e. The molecule has 0 fully saturated rings. The van der Waals surface area contributed by atoms with Crippen LogP contribution in [0.2, 0.25) is 0 Å². The summed E-state index contributed by atoms with van der Waals surface area (Å²) in [7, 11) is 0. The van der Waals surface area contributed by atoms with Crippen molar-refractivity contribution in [3.8, 4) is 0 Å². The van der Waals surface area contributed by atoms with Crippen LogP contribution in [-0.4, -0.2) is 31.7 Å². The summed E-state index contributed by atoms with van der Waals surface area (Å²) in [5.41, 5.74) is 2.46. The van der Waals surface area contributed by atoms with Crippen LogP contribution in [0.4, 0.5) is 0 Å². The number of benzene rings is 1. The van der Waals surface area contributed by atoms with Crippen molar-refractivity contribution in [1.29, 1.82) is 0 Å². The van der Waals surface area contributed by atoms with E-state index in [9.17, 15) is 14.7 Å². The fraction of sp³-hybridized carbons (Fsp3) is 0.312. The fourth-order valence-electron chi connectivity index (χ4n) is 2.69. The quantitative estimate of drug-likeness (QED) is 0.943. The Balaban J connectivity index is 1.88. The maximum absolute atomic E-state index is 12.6. The molecule has 1 aromatic carbocycles. The van der Waals surface area contributed by atoms with Crippen LogP contribution < -0.4 is 0 Å². The van der Waals surface area contributed by atoms with E-state index in [1.807, 2.05) is 38.1 Å². The van der Waals surface area contributed by atoms with Gasteiger partial charge in [-0.1, -0.05) is 24.3 Å². The fourth-order valence-corrected chi connectivity index (χ4v) is 2.69. The van der Waals surface area contributed by atoms with Crippen molar-refractivity contribution in [2.45, 2.75) is 33.0 Å². The van der Waals surface area contributed by atoms with Crippen LogP contribution in [0.1, 0.15) is 52.0 Å². The Morgan fingerprint density at radius 2 is 1.77 bits per heavy atom. The summed E-state index contributed by atoms with van der Waals surface area (Å²) >= 11 is 0. The number of aromatic nitrogens is 2. The van der Waals surface area contributed by atoms with Gasteiger partial charge in [0.1, 0.15) is 5.69 Å². The number of hydrogen-bond donors (Lipinski definition) is 1. The molecule has 2 aromatic rings. The van der Waals surface area contributed by atoms with Gasteiger partial charge >= 0.3 is 5.97 Å². The van der Waals surface area contributed by atoms with E-state index in [-0.39, 0.29) is 23.3 Å². The number of carbonyl (C=O) groups excluding carboxylic acids is 1. The predicted molar refractivity (Wildman–Crippen MR) is 79.6 cm³/mol. The van der Waals surface area contributed by atoms with E-state index in [0.717, 1.165) is 11.1 Å². The number of nitrogens with zero attached hydrogens (tertiary/aromatic N) is 3. The zero-order valence-corrected chi connectivity index (χ0v) is 12.5. The summed E-state index contributed by atoms with van der Waals surface area (Å²) in [5.74, 6) is -1.32. The molecule has 1 aromatic heterocycles. The summed E-state index contributed by atoms with van der Waals surface area (Å²) in [4.78, 5) is 25.5. The molecule has 114 valence electrons. The molecule has 1 aliphatic rings. The summed E-state index contributed by atoms with van der Waals surface area (Å²) in [6.45, 7) is 4.73. The number of aromatic carboxylic acids is 1. The van der Waals surface area contributed by atoms with Gasteiger partial charge in [-0.2, -0.15) is 5.10 Å². The number of carboxylic acid groups (broad SMARTS) is 1. The molecule has 3 rings (SSSR count). The second kappa shape index (κ2) is 5.29. The lowest BCUT2D eigenvalue weighted by molar-refractivity contribution is 0.0680. The topological polar surface area (TPSA) is 75.4 Å². The molecule has 1 N–H and O–H groups in total. The van der Waals surface area contributed by atoms with E-state index in [1.165, 1.54) is 10.7 Å². The van der Waals surface area contributed by atoms with Gasteiger partial charge in [-0.3, -0.25) is 9.48 Å². The SMILES string of the molecule is CC(C)n1nc(C(=O)N2Cc3ccccc3C2)cc1C(=O)O. The number of amides is 1. The predicted octanol–water partition coefficient (Wildman–Crippen LogP) is 2.32. The maximum atomic E-state index is 12.6. The molecule has 0 radical (unpaired) electrons. The van der Waals surface area contributed by atoms with Crippen molar-refractivity contribution in [2.75, 3.05) is 0 Å². The normalized spacial score (nSPS) is 13.5. The molecule has 0 spiro atoms. The molecule has 6 heteroatoms.